The number of aromatic nitrogens is 3. The van der Waals surface area contributed by atoms with Gasteiger partial charge in [0, 0.05) is 25.4 Å². The van der Waals surface area contributed by atoms with Gasteiger partial charge in [-0.3, -0.25) is 9.59 Å². The number of methoxy groups -OCH3 is 1. The lowest BCUT2D eigenvalue weighted by Gasteiger charge is -2.19. The van der Waals surface area contributed by atoms with E-state index in [1.807, 2.05) is 36.4 Å². The molecule has 2 aromatic carbocycles. The lowest BCUT2D eigenvalue weighted by Crippen LogP contribution is -2.24. The molecule has 1 aliphatic carbocycles. The number of rotatable bonds is 5. The average molecular weight is 416 g/mol. The minimum Gasteiger partial charge on any atom is -0.383 e. The highest BCUT2D eigenvalue weighted by Gasteiger charge is 2.19. The van der Waals surface area contributed by atoms with Gasteiger partial charge < -0.3 is 14.6 Å². The van der Waals surface area contributed by atoms with Crippen LogP contribution in [0.1, 0.15) is 34.5 Å². The van der Waals surface area contributed by atoms with Crippen LogP contribution in [0.3, 0.4) is 0 Å². The molecule has 1 amide bonds. The smallest absolute Gasteiger partial charge is 0.277 e. The van der Waals surface area contributed by atoms with E-state index < -0.39 is 0 Å². The third-order valence-corrected chi connectivity index (χ3v) is 5.97. The fraction of sp³-hybridized carbons (Fsp3) is 0.292. The molecule has 1 N–H and O–H groups in total. The van der Waals surface area contributed by atoms with Gasteiger partial charge in [-0.2, -0.15) is 5.10 Å². The van der Waals surface area contributed by atoms with Crippen LogP contribution in [0.5, 0.6) is 0 Å². The number of fused-ring (bicyclic) bond motifs is 4. The molecule has 158 valence electrons. The molecule has 7 heteroatoms. The summed E-state index contributed by atoms with van der Waals surface area (Å²) in [6.07, 6.45) is 4.31. The zero-order valence-corrected chi connectivity index (χ0v) is 17.4. The molecule has 0 fully saturated rings. The fourth-order valence-corrected chi connectivity index (χ4v) is 4.44. The minimum absolute atomic E-state index is 0.195. The van der Waals surface area contributed by atoms with E-state index in [-0.39, 0.29) is 17.2 Å². The van der Waals surface area contributed by atoms with Crippen LogP contribution in [0.15, 0.2) is 53.3 Å². The van der Waals surface area contributed by atoms with Crippen molar-refractivity contribution in [3.05, 3.63) is 75.7 Å². The SMILES string of the molecule is COCCn1c(=O)c2cc(C(=O)Nc3cccc4c3CCCC4)nn2c2ccccc21. The molecule has 31 heavy (non-hydrogen) atoms. The molecule has 7 nitrogen and oxygen atoms in total. The van der Waals surface area contributed by atoms with Crippen molar-refractivity contribution in [1.29, 1.82) is 0 Å². The van der Waals surface area contributed by atoms with Gasteiger partial charge in [0.05, 0.1) is 17.6 Å². The molecule has 2 heterocycles. The van der Waals surface area contributed by atoms with Crippen molar-refractivity contribution in [2.45, 2.75) is 32.2 Å². The first-order valence-corrected chi connectivity index (χ1v) is 10.6. The summed E-state index contributed by atoms with van der Waals surface area (Å²) in [5.74, 6) is -0.311. The van der Waals surface area contributed by atoms with E-state index in [2.05, 4.69) is 16.5 Å². The monoisotopic (exact) mass is 416 g/mol. The Bertz CT molecular complexity index is 1350. The number of para-hydroxylation sites is 2. The first-order chi connectivity index (χ1) is 15.2. The van der Waals surface area contributed by atoms with Crippen LogP contribution in [0.4, 0.5) is 5.69 Å². The highest BCUT2D eigenvalue weighted by Crippen LogP contribution is 2.28. The predicted octanol–water partition coefficient (Wildman–Crippen LogP) is 3.43. The van der Waals surface area contributed by atoms with Gasteiger partial charge >= 0.3 is 0 Å². The van der Waals surface area contributed by atoms with Crippen molar-refractivity contribution in [1.82, 2.24) is 14.2 Å². The number of aryl methyl sites for hydroxylation is 1. The Morgan fingerprint density at radius 2 is 1.87 bits per heavy atom. The van der Waals surface area contributed by atoms with E-state index in [1.165, 1.54) is 17.5 Å². The maximum Gasteiger partial charge on any atom is 0.277 e. The van der Waals surface area contributed by atoms with E-state index in [0.29, 0.717) is 18.7 Å². The number of hydrogen-bond donors (Lipinski definition) is 1. The lowest BCUT2D eigenvalue weighted by molar-refractivity contribution is 0.102. The summed E-state index contributed by atoms with van der Waals surface area (Å²) in [4.78, 5) is 26.2. The van der Waals surface area contributed by atoms with Crippen LogP contribution in [-0.4, -0.2) is 33.8 Å². The topological polar surface area (TPSA) is 77.6 Å². The summed E-state index contributed by atoms with van der Waals surface area (Å²) in [5, 5.41) is 7.51. The quantitative estimate of drug-likeness (QED) is 0.541. The van der Waals surface area contributed by atoms with Crippen molar-refractivity contribution in [3.8, 4) is 0 Å². The number of hydrogen-bond acceptors (Lipinski definition) is 4. The Morgan fingerprint density at radius 1 is 1.06 bits per heavy atom. The van der Waals surface area contributed by atoms with Gasteiger partial charge in [-0.25, -0.2) is 4.52 Å². The summed E-state index contributed by atoms with van der Waals surface area (Å²) in [6, 6.07) is 15.2. The molecular formula is C24H24N4O3. The van der Waals surface area contributed by atoms with Gasteiger partial charge in [0.2, 0.25) is 0 Å². The van der Waals surface area contributed by atoms with Crippen LogP contribution >= 0.6 is 0 Å². The summed E-state index contributed by atoms with van der Waals surface area (Å²) >= 11 is 0. The number of nitrogens with one attached hydrogen (secondary N) is 1. The highest BCUT2D eigenvalue weighted by molar-refractivity contribution is 6.04. The molecule has 0 saturated heterocycles. The molecule has 0 unspecified atom stereocenters. The zero-order valence-electron chi connectivity index (χ0n) is 17.4. The number of amides is 1. The van der Waals surface area contributed by atoms with E-state index in [9.17, 15) is 9.59 Å². The number of carbonyl (C=O) groups excluding carboxylic acids is 1. The molecule has 2 aromatic heterocycles. The normalized spacial score (nSPS) is 13.5. The molecule has 0 saturated carbocycles. The molecule has 0 spiro atoms. The molecule has 4 aromatic rings. The summed E-state index contributed by atoms with van der Waals surface area (Å²) in [7, 11) is 1.61. The van der Waals surface area contributed by atoms with E-state index in [1.54, 1.807) is 22.3 Å². The van der Waals surface area contributed by atoms with Crippen LogP contribution in [0.25, 0.3) is 16.6 Å². The lowest BCUT2D eigenvalue weighted by atomic mass is 9.90. The minimum atomic E-state index is -0.311. The Labute approximate surface area is 179 Å². The van der Waals surface area contributed by atoms with E-state index >= 15 is 0 Å². The van der Waals surface area contributed by atoms with Gasteiger partial charge in [0.15, 0.2) is 5.69 Å². The standard InChI is InChI=1S/C24H24N4O3/c1-31-14-13-27-20-11-4-5-12-21(20)28-22(24(27)30)15-19(26-28)23(29)25-18-10-6-8-16-7-2-3-9-17(16)18/h4-6,8,10-12,15H,2-3,7,9,13-14H2,1H3,(H,25,29). The largest absolute Gasteiger partial charge is 0.383 e. The third kappa shape index (κ3) is 3.41. The van der Waals surface area contributed by atoms with Gasteiger partial charge in [0.1, 0.15) is 5.52 Å². The molecule has 5 rings (SSSR count). The van der Waals surface area contributed by atoms with Crippen LogP contribution in [0.2, 0.25) is 0 Å². The van der Waals surface area contributed by atoms with Crippen molar-refractivity contribution in [2.24, 2.45) is 0 Å². The zero-order chi connectivity index (χ0) is 21.4. The second-order valence-corrected chi connectivity index (χ2v) is 7.87. The molecular weight excluding hydrogens is 392 g/mol. The van der Waals surface area contributed by atoms with Crippen molar-refractivity contribution in [2.75, 3.05) is 19.0 Å². The molecule has 0 aliphatic heterocycles. The van der Waals surface area contributed by atoms with Crippen LogP contribution in [0, 0.1) is 0 Å². The first-order valence-electron chi connectivity index (χ1n) is 10.6. The summed E-state index contributed by atoms with van der Waals surface area (Å²) in [5.41, 5.74) is 5.26. The van der Waals surface area contributed by atoms with Crippen molar-refractivity contribution in [3.63, 3.8) is 0 Å². The number of anilines is 1. The molecule has 1 aliphatic rings. The van der Waals surface area contributed by atoms with Crippen LogP contribution in [-0.2, 0) is 24.1 Å². The summed E-state index contributed by atoms with van der Waals surface area (Å²) < 4.78 is 8.41. The Kier molecular flexibility index (Phi) is 5.03. The molecule has 0 atom stereocenters. The predicted molar refractivity (Wildman–Crippen MR) is 120 cm³/mol. The molecule has 0 radical (unpaired) electrons. The number of nitrogens with zero attached hydrogens (tertiary/aromatic N) is 3. The van der Waals surface area contributed by atoms with E-state index in [0.717, 1.165) is 36.0 Å². The van der Waals surface area contributed by atoms with Crippen LogP contribution < -0.4 is 10.9 Å². The van der Waals surface area contributed by atoms with Crippen molar-refractivity contribution < 1.29 is 9.53 Å². The fourth-order valence-electron chi connectivity index (χ4n) is 4.44. The van der Waals surface area contributed by atoms with Gasteiger partial charge in [-0.15, -0.1) is 0 Å². The number of carbonyl (C=O) groups is 1. The third-order valence-electron chi connectivity index (χ3n) is 5.97. The summed E-state index contributed by atoms with van der Waals surface area (Å²) in [6.45, 7) is 0.843. The van der Waals surface area contributed by atoms with Crippen molar-refractivity contribution >= 4 is 28.1 Å². The molecule has 0 bridgehead atoms. The maximum absolute atomic E-state index is 13.1. The Morgan fingerprint density at radius 3 is 2.71 bits per heavy atom. The van der Waals surface area contributed by atoms with Gasteiger partial charge in [0.25, 0.3) is 11.5 Å². The second-order valence-electron chi connectivity index (χ2n) is 7.87. The van der Waals surface area contributed by atoms with Gasteiger partial charge in [-0.05, 0) is 55.0 Å². The number of ether oxygens (including phenoxy) is 1. The average Bonchev–Trinajstić information content (AvgIpc) is 3.26. The maximum atomic E-state index is 13.1. The second kappa shape index (κ2) is 8.00. The Balaban J connectivity index is 1.57. The van der Waals surface area contributed by atoms with E-state index in [4.69, 9.17) is 4.74 Å². The Hall–Kier alpha value is -3.45. The van der Waals surface area contributed by atoms with Gasteiger partial charge in [-0.1, -0.05) is 24.3 Å². The number of benzene rings is 2. The first kappa shape index (κ1) is 19.5. The highest BCUT2D eigenvalue weighted by atomic mass is 16.5.